The van der Waals surface area contributed by atoms with Gasteiger partial charge in [0.2, 0.25) is 0 Å². The molecule has 0 radical (unpaired) electrons. The van der Waals surface area contributed by atoms with Gasteiger partial charge in [0, 0.05) is 5.56 Å². The van der Waals surface area contributed by atoms with Crippen LogP contribution in [0.3, 0.4) is 0 Å². The molecule has 1 atom stereocenters. The smallest absolute Gasteiger partial charge is 0.271 e. The topological polar surface area (TPSA) is 54.6 Å². The van der Waals surface area contributed by atoms with Gasteiger partial charge in [-0.25, -0.2) is 4.99 Å². The van der Waals surface area contributed by atoms with Crippen molar-refractivity contribution in [3.63, 3.8) is 0 Å². The fourth-order valence-electron chi connectivity index (χ4n) is 4.68. The van der Waals surface area contributed by atoms with E-state index in [1.54, 1.807) is 12.1 Å². The zero-order valence-corrected chi connectivity index (χ0v) is 18.0. The maximum absolute atomic E-state index is 13.6. The van der Waals surface area contributed by atoms with Crippen molar-refractivity contribution in [3.05, 3.63) is 126 Å². The Labute approximate surface area is 188 Å². The number of hydrogen-bond donors (Lipinski definition) is 1. The van der Waals surface area contributed by atoms with Crippen LogP contribution >= 0.6 is 11.3 Å². The number of thiazole rings is 1. The van der Waals surface area contributed by atoms with Crippen molar-refractivity contribution in [2.45, 2.75) is 18.9 Å². The first kappa shape index (κ1) is 19.0. The van der Waals surface area contributed by atoms with Crippen LogP contribution in [-0.4, -0.2) is 9.67 Å². The van der Waals surface area contributed by atoms with Gasteiger partial charge in [0.25, 0.3) is 5.56 Å². The van der Waals surface area contributed by atoms with Gasteiger partial charge in [-0.15, -0.1) is 0 Å². The summed E-state index contributed by atoms with van der Waals surface area (Å²) in [5.41, 5.74) is 6.65. The summed E-state index contributed by atoms with van der Waals surface area (Å²) >= 11 is 1.42. The molecule has 0 saturated heterocycles. The van der Waals surface area contributed by atoms with Crippen LogP contribution in [0.2, 0.25) is 0 Å². The third-order valence-corrected chi connectivity index (χ3v) is 7.16. The Morgan fingerprint density at radius 1 is 0.938 bits per heavy atom. The number of aryl methyl sites for hydroxylation is 1. The molecule has 1 N–H and O–H groups in total. The molecule has 156 valence electrons. The summed E-state index contributed by atoms with van der Waals surface area (Å²) in [5.74, 6) is 0.207. The van der Waals surface area contributed by atoms with E-state index in [0.29, 0.717) is 4.53 Å². The minimum absolute atomic E-state index is 0.0268. The molecule has 0 saturated carbocycles. The summed E-state index contributed by atoms with van der Waals surface area (Å²) in [6, 6.07) is 25.4. The Morgan fingerprint density at radius 3 is 2.50 bits per heavy atom. The highest BCUT2D eigenvalue weighted by Gasteiger charge is 2.32. The van der Waals surface area contributed by atoms with Crippen molar-refractivity contribution in [1.29, 1.82) is 0 Å². The van der Waals surface area contributed by atoms with Gasteiger partial charge < -0.3 is 5.11 Å². The zero-order chi connectivity index (χ0) is 21.7. The quantitative estimate of drug-likeness (QED) is 0.516. The lowest BCUT2D eigenvalue weighted by molar-refractivity contribution is 0.475. The maximum atomic E-state index is 13.6. The molecule has 4 nitrogen and oxygen atoms in total. The lowest BCUT2D eigenvalue weighted by Crippen LogP contribution is -2.38. The molecule has 2 aliphatic rings. The van der Waals surface area contributed by atoms with Crippen molar-refractivity contribution in [2.75, 3.05) is 0 Å². The normalized spacial score (nSPS) is 17.4. The first-order chi connectivity index (χ1) is 15.7. The number of phenols is 1. The van der Waals surface area contributed by atoms with Crippen molar-refractivity contribution in [3.8, 4) is 5.75 Å². The number of aromatic hydroxyl groups is 1. The van der Waals surface area contributed by atoms with Gasteiger partial charge in [-0.05, 0) is 53.3 Å². The predicted octanol–water partition coefficient (Wildman–Crippen LogP) is 4.02. The number of allylic oxidation sites excluding steroid dienone is 1. The minimum Gasteiger partial charge on any atom is -0.508 e. The van der Waals surface area contributed by atoms with Gasteiger partial charge in [0.15, 0.2) is 4.80 Å². The van der Waals surface area contributed by atoms with E-state index in [-0.39, 0.29) is 17.4 Å². The summed E-state index contributed by atoms with van der Waals surface area (Å²) < 4.78 is 2.50. The molecule has 3 aromatic carbocycles. The number of nitrogens with zero attached hydrogens (tertiary/aromatic N) is 2. The van der Waals surface area contributed by atoms with Crippen LogP contribution in [0.5, 0.6) is 5.75 Å². The Hall–Kier alpha value is -3.70. The number of hydrogen-bond acceptors (Lipinski definition) is 4. The molecular weight excluding hydrogens is 416 g/mol. The highest BCUT2D eigenvalue weighted by molar-refractivity contribution is 7.07. The van der Waals surface area contributed by atoms with E-state index in [2.05, 4.69) is 36.4 Å². The second-order valence-corrected chi connectivity index (χ2v) is 9.13. The lowest BCUT2D eigenvalue weighted by atomic mass is 9.83. The molecule has 32 heavy (non-hydrogen) atoms. The Bertz CT molecular complexity index is 1540. The third kappa shape index (κ3) is 3.05. The molecule has 1 aliphatic heterocycles. The summed E-state index contributed by atoms with van der Waals surface area (Å²) in [6.45, 7) is 0. The second kappa shape index (κ2) is 7.46. The van der Waals surface area contributed by atoms with Crippen molar-refractivity contribution < 1.29 is 5.11 Å². The van der Waals surface area contributed by atoms with Crippen molar-refractivity contribution >= 4 is 23.1 Å². The van der Waals surface area contributed by atoms with Crippen LogP contribution in [-0.2, 0) is 6.42 Å². The van der Waals surface area contributed by atoms with E-state index < -0.39 is 0 Å². The first-order valence-electron chi connectivity index (χ1n) is 10.7. The van der Waals surface area contributed by atoms with Crippen LogP contribution in [0.1, 0.15) is 34.7 Å². The fraction of sp³-hybridized carbons (Fsp3) is 0.111. The molecule has 4 aromatic rings. The number of benzene rings is 3. The van der Waals surface area contributed by atoms with Crippen LogP contribution in [0, 0.1) is 0 Å². The standard InChI is InChI=1S/C27H20N2O2S/c30-20-13-10-17(11-14-20)16-23-26(31)29-25(19-7-2-1-3-8-19)22-15-12-18-6-4-5-9-21(18)24(22)28-27(29)32-23/h1-11,13-14,16,25,30H,12,15H2/t25-/m0/s1. The molecule has 0 spiro atoms. The Morgan fingerprint density at radius 2 is 1.69 bits per heavy atom. The van der Waals surface area contributed by atoms with Gasteiger partial charge in [0.05, 0.1) is 16.3 Å². The molecular formula is C27H20N2O2S. The molecule has 1 aliphatic carbocycles. The van der Waals surface area contributed by atoms with Gasteiger partial charge in [-0.1, -0.05) is 78.1 Å². The fourth-order valence-corrected chi connectivity index (χ4v) is 5.68. The Balaban J connectivity index is 1.62. The number of phenolic OH excluding ortho intramolecular Hbond substituents is 1. The van der Waals surface area contributed by atoms with Gasteiger partial charge >= 0.3 is 0 Å². The summed E-state index contributed by atoms with van der Waals surface area (Å²) in [7, 11) is 0. The van der Waals surface area contributed by atoms with Gasteiger partial charge in [-0.2, -0.15) is 0 Å². The molecule has 0 amide bonds. The molecule has 5 heteroatoms. The summed E-state index contributed by atoms with van der Waals surface area (Å²) in [4.78, 5) is 19.3. The van der Waals surface area contributed by atoms with E-state index in [0.717, 1.165) is 34.5 Å². The van der Waals surface area contributed by atoms with Gasteiger partial charge in [0.1, 0.15) is 5.75 Å². The average Bonchev–Trinajstić information content (AvgIpc) is 3.14. The molecule has 1 aromatic heterocycles. The second-order valence-electron chi connectivity index (χ2n) is 8.12. The van der Waals surface area contributed by atoms with E-state index >= 15 is 0 Å². The monoisotopic (exact) mass is 436 g/mol. The highest BCUT2D eigenvalue weighted by atomic mass is 32.1. The highest BCUT2D eigenvalue weighted by Crippen LogP contribution is 2.41. The number of fused-ring (bicyclic) bond motifs is 3. The number of aromatic nitrogens is 1. The largest absolute Gasteiger partial charge is 0.508 e. The lowest BCUT2D eigenvalue weighted by Gasteiger charge is -2.30. The van der Waals surface area contributed by atoms with Crippen molar-refractivity contribution in [2.24, 2.45) is 4.99 Å². The van der Waals surface area contributed by atoms with E-state index in [1.807, 2.05) is 41.0 Å². The predicted molar refractivity (Wildman–Crippen MR) is 127 cm³/mol. The summed E-state index contributed by atoms with van der Waals surface area (Å²) in [5, 5.41) is 9.57. The molecule has 2 heterocycles. The van der Waals surface area contributed by atoms with Crippen LogP contribution in [0.25, 0.3) is 11.8 Å². The maximum Gasteiger partial charge on any atom is 0.271 e. The van der Waals surface area contributed by atoms with E-state index in [4.69, 9.17) is 4.99 Å². The zero-order valence-electron chi connectivity index (χ0n) is 17.2. The molecule has 6 rings (SSSR count). The SMILES string of the molecule is O=c1c(=Cc2ccc(O)cc2)sc2n1[C@@H](c1ccccc1)C1=C(N=2)c2ccccc2CC1. The average molecular weight is 437 g/mol. The third-order valence-electron chi connectivity index (χ3n) is 6.18. The van der Waals surface area contributed by atoms with Gasteiger partial charge in [-0.3, -0.25) is 9.36 Å². The van der Waals surface area contributed by atoms with Crippen LogP contribution < -0.4 is 14.9 Å². The Kier molecular flexibility index (Phi) is 4.44. The van der Waals surface area contributed by atoms with Crippen molar-refractivity contribution in [1.82, 2.24) is 4.57 Å². The summed E-state index contributed by atoms with van der Waals surface area (Å²) in [6.07, 6.45) is 3.71. The molecule has 0 bridgehead atoms. The van der Waals surface area contributed by atoms with Crippen LogP contribution in [0.4, 0.5) is 0 Å². The first-order valence-corrected chi connectivity index (χ1v) is 11.5. The molecule has 0 fully saturated rings. The number of rotatable bonds is 2. The van der Waals surface area contributed by atoms with Crippen LogP contribution in [0.15, 0.2) is 94.2 Å². The van der Waals surface area contributed by atoms with E-state index in [1.165, 1.54) is 28.0 Å². The minimum atomic E-state index is -0.155. The van der Waals surface area contributed by atoms with E-state index in [9.17, 15) is 9.90 Å². The molecule has 0 unspecified atom stereocenters.